The van der Waals surface area contributed by atoms with Crippen LogP contribution in [0.5, 0.6) is 0 Å². The minimum Gasteiger partial charge on any atom is -0.456 e. The first-order valence-corrected chi connectivity index (χ1v) is 7.51. The number of nitrogens with zero attached hydrogens (tertiary/aromatic N) is 2. The van der Waals surface area contributed by atoms with Crippen molar-refractivity contribution in [2.24, 2.45) is 7.05 Å². The van der Waals surface area contributed by atoms with Crippen LogP contribution >= 0.6 is 0 Å². The minimum absolute atomic E-state index is 0.0243. The third kappa shape index (κ3) is 2.14. The Balaban J connectivity index is 2.01. The van der Waals surface area contributed by atoms with Gasteiger partial charge in [0.1, 0.15) is 11.3 Å². The van der Waals surface area contributed by atoms with Crippen molar-refractivity contribution < 1.29 is 4.42 Å². The molecule has 4 nitrogen and oxygen atoms in total. The Morgan fingerprint density at radius 2 is 1.91 bits per heavy atom. The predicted molar refractivity (Wildman–Crippen MR) is 91.7 cm³/mol. The van der Waals surface area contributed by atoms with Gasteiger partial charge in [-0.25, -0.2) is 0 Å². The van der Waals surface area contributed by atoms with Crippen molar-refractivity contribution in [3.63, 3.8) is 0 Å². The Hall–Kier alpha value is -2.88. The molecule has 0 spiro atoms. The average molecular weight is 304 g/mol. The molecular weight excluding hydrogens is 288 g/mol. The first-order valence-electron chi connectivity index (χ1n) is 7.51. The summed E-state index contributed by atoms with van der Waals surface area (Å²) in [5, 5.41) is 6.03. The molecule has 0 aliphatic heterocycles. The molecule has 114 valence electrons. The van der Waals surface area contributed by atoms with Gasteiger partial charge >= 0.3 is 0 Å². The van der Waals surface area contributed by atoms with Crippen LogP contribution in [0.2, 0.25) is 0 Å². The van der Waals surface area contributed by atoms with E-state index in [0.29, 0.717) is 22.3 Å². The van der Waals surface area contributed by atoms with Crippen molar-refractivity contribution in [3.8, 4) is 11.3 Å². The quantitative estimate of drug-likeness (QED) is 0.535. The Bertz CT molecular complexity index is 1120. The number of aromatic nitrogens is 2. The van der Waals surface area contributed by atoms with Crippen LogP contribution in [0, 0.1) is 13.8 Å². The van der Waals surface area contributed by atoms with E-state index in [0.717, 1.165) is 22.0 Å². The van der Waals surface area contributed by atoms with E-state index in [1.165, 1.54) is 0 Å². The van der Waals surface area contributed by atoms with Crippen LogP contribution in [-0.2, 0) is 7.05 Å². The highest BCUT2D eigenvalue weighted by molar-refractivity contribution is 5.86. The second-order valence-electron chi connectivity index (χ2n) is 5.96. The first kappa shape index (κ1) is 13.8. The van der Waals surface area contributed by atoms with Crippen molar-refractivity contribution in [1.82, 2.24) is 9.78 Å². The molecule has 0 aliphatic rings. The van der Waals surface area contributed by atoms with E-state index in [4.69, 9.17) is 4.42 Å². The van der Waals surface area contributed by atoms with Gasteiger partial charge in [0.15, 0.2) is 5.43 Å². The van der Waals surface area contributed by atoms with Crippen LogP contribution in [0.1, 0.15) is 11.1 Å². The van der Waals surface area contributed by atoms with E-state index in [-0.39, 0.29) is 5.43 Å². The van der Waals surface area contributed by atoms with E-state index in [2.05, 4.69) is 5.10 Å². The molecule has 0 radical (unpaired) electrons. The molecule has 0 saturated carbocycles. The average Bonchev–Trinajstić information content (AvgIpc) is 2.90. The molecule has 0 amide bonds. The fourth-order valence-electron chi connectivity index (χ4n) is 2.97. The lowest BCUT2D eigenvalue weighted by Gasteiger charge is -2.07. The number of hydrogen-bond acceptors (Lipinski definition) is 3. The Morgan fingerprint density at radius 1 is 1.09 bits per heavy atom. The molecule has 0 saturated heterocycles. The van der Waals surface area contributed by atoms with Gasteiger partial charge in [-0.05, 0) is 44.2 Å². The fraction of sp³-hybridized carbons (Fsp3) is 0.158. The predicted octanol–water partition coefficient (Wildman–Crippen LogP) is 3.96. The molecule has 0 fully saturated rings. The summed E-state index contributed by atoms with van der Waals surface area (Å²) in [6.45, 7) is 3.79. The van der Waals surface area contributed by atoms with Crippen molar-refractivity contribution in [2.45, 2.75) is 13.8 Å². The summed E-state index contributed by atoms with van der Waals surface area (Å²) >= 11 is 0. The van der Waals surface area contributed by atoms with Crippen molar-refractivity contribution in [2.75, 3.05) is 0 Å². The van der Waals surface area contributed by atoms with E-state index < -0.39 is 0 Å². The fourth-order valence-corrected chi connectivity index (χ4v) is 2.97. The first-order chi connectivity index (χ1) is 11.0. The Morgan fingerprint density at radius 3 is 2.74 bits per heavy atom. The molecule has 4 rings (SSSR count). The highest BCUT2D eigenvalue weighted by Gasteiger charge is 2.13. The summed E-state index contributed by atoms with van der Waals surface area (Å²) in [5.41, 5.74) is 4.14. The second-order valence-corrected chi connectivity index (χ2v) is 5.96. The lowest BCUT2D eigenvalue weighted by molar-refractivity contribution is 0.614. The van der Waals surface area contributed by atoms with Crippen LogP contribution in [-0.4, -0.2) is 9.78 Å². The van der Waals surface area contributed by atoms with Crippen molar-refractivity contribution >= 4 is 21.9 Å². The van der Waals surface area contributed by atoms with E-state index in [1.54, 1.807) is 4.68 Å². The number of fused-ring (bicyclic) bond motifs is 2. The van der Waals surface area contributed by atoms with Crippen LogP contribution in [0.3, 0.4) is 0 Å². The monoisotopic (exact) mass is 304 g/mol. The van der Waals surface area contributed by atoms with E-state index >= 15 is 0 Å². The van der Waals surface area contributed by atoms with Crippen LogP contribution < -0.4 is 5.43 Å². The molecular formula is C19H16N2O2. The zero-order valence-electron chi connectivity index (χ0n) is 13.3. The SMILES string of the molecule is Cc1ccc2oc(-c3ccc4nn(C)cc4c3)c(C)c(=O)c2c1. The molecule has 0 unspecified atom stereocenters. The standard InChI is InChI=1S/C19H16N2O2/c1-11-4-7-17-15(8-11)18(22)12(2)19(23-17)13-5-6-16-14(9-13)10-21(3)20-16/h4-10H,1-3H3. The van der Waals surface area contributed by atoms with Gasteiger partial charge in [0.05, 0.1) is 10.9 Å². The lowest BCUT2D eigenvalue weighted by atomic mass is 10.0. The van der Waals surface area contributed by atoms with Gasteiger partial charge in [0.25, 0.3) is 0 Å². The number of rotatable bonds is 1. The van der Waals surface area contributed by atoms with Crippen LogP contribution in [0.4, 0.5) is 0 Å². The Kier molecular flexibility index (Phi) is 2.88. The number of aryl methyl sites for hydroxylation is 2. The van der Waals surface area contributed by atoms with Gasteiger partial charge in [0.2, 0.25) is 0 Å². The minimum atomic E-state index is 0.0243. The maximum Gasteiger partial charge on any atom is 0.196 e. The zero-order chi connectivity index (χ0) is 16.1. The van der Waals surface area contributed by atoms with Gasteiger partial charge in [0, 0.05) is 29.8 Å². The van der Waals surface area contributed by atoms with Crippen molar-refractivity contribution in [1.29, 1.82) is 0 Å². The summed E-state index contributed by atoms with van der Waals surface area (Å²) in [5.74, 6) is 0.622. The zero-order valence-corrected chi connectivity index (χ0v) is 13.3. The summed E-state index contributed by atoms with van der Waals surface area (Å²) < 4.78 is 7.82. The topological polar surface area (TPSA) is 48.0 Å². The molecule has 0 bridgehead atoms. The number of hydrogen-bond donors (Lipinski definition) is 0. The molecule has 0 aliphatic carbocycles. The summed E-state index contributed by atoms with van der Waals surface area (Å²) in [7, 11) is 1.89. The molecule has 2 aromatic carbocycles. The van der Waals surface area contributed by atoms with Gasteiger partial charge in [-0.2, -0.15) is 5.10 Å². The van der Waals surface area contributed by atoms with Gasteiger partial charge < -0.3 is 4.42 Å². The summed E-state index contributed by atoms with van der Waals surface area (Å²) in [6, 6.07) is 11.6. The maximum atomic E-state index is 12.7. The molecule has 4 heteroatoms. The van der Waals surface area contributed by atoms with E-state index in [9.17, 15) is 4.79 Å². The molecule has 2 heterocycles. The van der Waals surface area contributed by atoms with Gasteiger partial charge in [-0.1, -0.05) is 11.6 Å². The van der Waals surface area contributed by atoms with E-state index in [1.807, 2.05) is 63.5 Å². The van der Waals surface area contributed by atoms with Gasteiger partial charge in [-0.3, -0.25) is 9.48 Å². The summed E-state index contributed by atoms with van der Waals surface area (Å²) in [4.78, 5) is 12.7. The highest BCUT2D eigenvalue weighted by atomic mass is 16.3. The van der Waals surface area contributed by atoms with Gasteiger partial charge in [-0.15, -0.1) is 0 Å². The third-order valence-corrected chi connectivity index (χ3v) is 4.15. The molecule has 23 heavy (non-hydrogen) atoms. The molecule has 4 aromatic rings. The Labute approximate surface area is 133 Å². The molecule has 2 aromatic heterocycles. The van der Waals surface area contributed by atoms with Crippen molar-refractivity contribution in [3.05, 3.63) is 63.9 Å². The smallest absolute Gasteiger partial charge is 0.196 e. The lowest BCUT2D eigenvalue weighted by Crippen LogP contribution is -2.07. The highest BCUT2D eigenvalue weighted by Crippen LogP contribution is 2.28. The molecule has 0 atom stereocenters. The summed E-state index contributed by atoms with van der Waals surface area (Å²) in [6.07, 6.45) is 1.96. The van der Waals surface area contributed by atoms with Crippen LogP contribution in [0.25, 0.3) is 33.2 Å². The number of benzene rings is 2. The second kappa shape index (κ2) is 4.81. The third-order valence-electron chi connectivity index (χ3n) is 4.15. The normalized spacial score (nSPS) is 11.4. The molecule has 0 N–H and O–H groups in total. The largest absolute Gasteiger partial charge is 0.456 e. The maximum absolute atomic E-state index is 12.7. The van der Waals surface area contributed by atoms with Crippen LogP contribution in [0.15, 0.2) is 51.8 Å².